The van der Waals surface area contributed by atoms with E-state index in [1.165, 1.54) is 47.0 Å². The van der Waals surface area contributed by atoms with Gasteiger partial charge < -0.3 is 4.74 Å². The Labute approximate surface area is 603 Å². The van der Waals surface area contributed by atoms with Crippen LogP contribution in [0.3, 0.4) is 0 Å². The maximum Gasteiger partial charge on any atom is 0.269 e. The number of benzene rings is 13. The molecule has 448 valence electrons. The normalized spacial score (nSPS) is 17.4. The third-order valence-electron chi connectivity index (χ3n) is 15.9. The van der Waals surface area contributed by atoms with Crippen LogP contribution in [-0.2, 0) is 5.41 Å². The second kappa shape index (κ2) is 24.2. The lowest BCUT2D eigenvalue weighted by Crippen LogP contribution is -2.76. The van der Waals surface area contributed by atoms with Crippen LogP contribution in [0.2, 0.25) is 0 Å². The molecule has 0 saturated carbocycles. The molecule has 3 heterocycles. The van der Waals surface area contributed by atoms with Gasteiger partial charge in [-0.25, -0.2) is 4.98 Å². The van der Waals surface area contributed by atoms with Crippen molar-refractivity contribution in [3.05, 3.63) is 357 Å². The summed E-state index contributed by atoms with van der Waals surface area (Å²) in [5.41, 5.74) is -8.78. The van der Waals surface area contributed by atoms with Gasteiger partial charge in [-0.1, -0.05) is 275 Å². The van der Waals surface area contributed by atoms with Crippen LogP contribution in [-0.4, -0.2) is 22.2 Å². The van der Waals surface area contributed by atoms with Gasteiger partial charge in [0.25, 0.3) is 6.33 Å². The lowest BCUT2D eigenvalue weighted by molar-refractivity contribution is -0.570. The highest BCUT2D eigenvalue weighted by atomic mass is 28.3. The molecule has 5 nitrogen and oxygen atoms in total. The van der Waals surface area contributed by atoms with Crippen molar-refractivity contribution in [1.29, 1.82) is 0 Å². The zero-order valence-corrected chi connectivity index (χ0v) is 50.7. The fourth-order valence-electron chi connectivity index (χ4n) is 11.7. The van der Waals surface area contributed by atoms with Crippen molar-refractivity contribution in [2.75, 3.05) is 0 Å². The van der Waals surface area contributed by atoms with Gasteiger partial charge in [-0.15, -0.1) is 0 Å². The van der Waals surface area contributed by atoms with Crippen molar-refractivity contribution in [2.45, 2.75) is 26.2 Å². The second-order valence-corrected chi connectivity index (χ2v) is 26.0. The predicted octanol–water partition coefficient (Wildman–Crippen LogP) is 19.0. The molecule has 3 aromatic heterocycles. The van der Waals surface area contributed by atoms with Crippen LogP contribution in [0.25, 0.3) is 106 Å². The summed E-state index contributed by atoms with van der Waals surface area (Å²) >= 11 is 0. The number of imidazole rings is 1. The highest BCUT2D eigenvalue weighted by Crippen LogP contribution is 2.40. The smallest absolute Gasteiger partial charge is 0.269 e. The maximum atomic E-state index is 11.0. The van der Waals surface area contributed by atoms with Crippen molar-refractivity contribution in [3.63, 3.8) is 0 Å². The minimum Gasteiger partial charge on any atom is -0.458 e. The fourth-order valence-corrected chi connectivity index (χ4v) is 15.7. The summed E-state index contributed by atoms with van der Waals surface area (Å²) in [6.45, 7) is 6.17. The molecular weight excluding hydrogens is 1160 g/mol. The van der Waals surface area contributed by atoms with E-state index >= 15 is 0 Å². The molecule has 0 bridgehead atoms. The van der Waals surface area contributed by atoms with Crippen molar-refractivity contribution in [3.8, 4) is 84.3 Å². The van der Waals surface area contributed by atoms with Crippen LogP contribution in [0.1, 0.15) is 78.4 Å². The van der Waals surface area contributed by atoms with E-state index in [0.29, 0.717) is 11.3 Å². The molecule has 0 aliphatic heterocycles. The lowest BCUT2D eigenvalue weighted by Gasteiger charge is -2.37. The summed E-state index contributed by atoms with van der Waals surface area (Å²) in [7, 11) is -7.06. The highest BCUT2D eigenvalue weighted by molar-refractivity contribution is 7.20. The van der Waals surface area contributed by atoms with Gasteiger partial charge in [0, 0.05) is 23.0 Å². The monoisotopic (exact) mass is 1260 g/mol. The van der Waals surface area contributed by atoms with E-state index in [2.05, 4.69) is 27.1 Å². The third-order valence-corrected chi connectivity index (χ3v) is 20.1. The van der Waals surface area contributed by atoms with Crippen LogP contribution in [0, 0.1) is 6.33 Å². The molecule has 13 aromatic carbocycles. The van der Waals surface area contributed by atoms with Crippen molar-refractivity contribution in [1.82, 2.24) is 14.1 Å². The molecule has 0 saturated heterocycles. The zero-order valence-electron chi connectivity index (χ0n) is 87.7. The average molecular weight is 1260 g/mol. The van der Waals surface area contributed by atoms with E-state index in [9.17, 15) is 38.4 Å². The Morgan fingerprint density at radius 3 is 1.53 bits per heavy atom. The number of pyridine rings is 1. The Hall–Kier alpha value is -11.7. The minimum atomic E-state index is -7.06. The highest BCUT2D eigenvalue weighted by Gasteiger charge is 2.44. The molecule has 6 heteroatoms. The first-order valence-electron chi connectivity index (χ1n) is 48.1. The maximum absolute atomic E-state index is 11.0. The molecule has 16 rings (SSSR count). The summed E-state index contributed by atoms with van der Waals surface area (Å²) in [6.07, 6.45) is 4.94. The molecule has 0 fully saturated rings. The average Bonchev–Trinajstić information content (AvgIpc) is 0.832. The summed E-state index contributed by atoms with van der Waals surface area (Å²) in [4.78, 5) is 4.83. The Morgan fingerprint density at radius 2 is 0.947 bits per heavy atom. The first-order valence-corrected chi connectivity index (χ1v) is 31.1. The third kappa shape index (κ3) is 10.5. The van der Waals surface area contributed by atoms with Crippen LogP contribution >= 0.6 is 0 Å². The van der Waals surface area contributed by atoms with Gasteiger partial charge in [0.2, 0.25) is 0 Å². The molecule has 0 atom stereocenters. The molecule has 0 N–H and O–H groups in total. The van der Waals surface area contributed by atoms with E-state index in [0.717, 1.165) is 38.6 Å². The van der Waals surface area contributed by atoms with Gasteiger partial charge in [0.15, 0.2) is 8.07 Å². The quantitative estimate of drug-likeness (QED) is 0.0471. The lowest BCUT2D eigenvalue weighted by atomic mass is 9.88. The number of hydrogen-bond acceptors (Lipinski definition) is 2. The number of hydrogen-bond donors (Lipinski definition) is 0. The number of rotatable bonds is 14. The molecule has 0 aliphatic carbocycles. The first kappa shape index (κ1) is 29.7. The van der Waals surface area contributed by atoms with E-state index in [4.69, 9.17) is 23.4 Å². The van der Waals surface area contributed by atoms with E-state index < -0.39 is 320 Å². The van der Waals surface area contributed by atoms with Gasteiger partial charge in [-0.3, -0.25) is 13.7 Å². The van der Waals surface area contributed by atoms with Crippen LogP contribution in [0.15, 0.2) is 345 Å². The molecule has 94 heavy (non-hydrogen) atoms. The van der Waals surface area contributed by atoms with Crippen LogP contribution in [0.4, 0.5) is 0 Å². The predicted molar refractivity (Wildman–Crippen MR) is 392 cm³/mol. The van der Waals surface area contributed by atoms with Gasteiger partial charge in [0.1, 0.15) is 17.3 Å². The SMILES string of the molecule is [2H]c1c([2H])c([2H])c(-c2cc(-c3c([2H])c(-c4c([2H])c([2H])c([2H])c([2H])c4[2H])c([2H])c(-c4c([2H])c([2H])c([2H])c([2H])c4[2H])c3[2H])c(-[n+]3[c-]n(-c4cccc(Oc5ccc6c7ccccc7n(-c7cc(C(C)(C)C)ccn7)c6c5)c4)c4cc(-c5c([2H])c([2H])c([2H])c([2H])c5[2H])ccc43)c([Si](c3c([2H])c([2H])c([2H])c([2H])c3[2H])(c3c([2H])c([2H])c([2H])c([2H])c3[2H])c3c([2H])c([2H])c([2H])c([2H])c3[2H])c2)c([2H])c1[2H]. The summed E-state index contributed by atoms with van der Waals surface area (Å²) < 4.78 is 377. The Balaban J connectivity index is 1.20. The second-order valence-electron chi connectivity index (χ2n) is 22.4. The topological polar surface area (TPSA) is 35.9 Å². The van der Waals surface area contributed by atoms with Gasteiger partial charge in [0.05, 0.1) is 85.5 Å². The van der Waals surface area contributed by atoms with Gasteiger partial charge in [-0.2, -0.15) is 0 Å². The number of nitrogens with zero attached hydrogens (tertiary/aromatic N) is 4. The number of para-hydroxylation sites is 1. The van der Waals surface area contributed by atoms with Crippen LogP contribution in [0.5, 0.6) is 11.5 Å². The molecule has 16 aromatic rings. The standard InChI is InChI=1S/C88H66N4OSi/c1-88(2,3)71-50-51-89-86(58-71)92-81-45-26-25-44-78(81)79-48-47-74(60-83(79)92)93-73-37-27-36-72(59-73)90-61-91(82-49-46-66(56-84(82)90)62-28-11-4-12-29-62)87-80(70-53-67(63-30-13-5-14-31-63)52-68(54-70)64-32-15-6-16-33-64)55-69(65-34-17-7-18-35-65)57-85(87)94(75-38-19-8-20-39-75,76-40-21-9-22-41-76)77-42-23-10-24-43-77/h4-60H,1-3H3/i4D,5D,6D,7D,8D,9D,10D,11D,12D,13D,14D,15D,16D,17D,18D,19D,20D,21D,22D,23D,24D,28D,29D,30D,31D,32D,33D,34D,35D,38D,39D,40D,41D,42D,43D,52D,53D,54D. The fraction of sp³-hybridized carbons (Fsp3) is 0.0455. The molecule has 0 amide bonds. The van der Waals surface area contributed by atoms with Crippen LogP contribution < -0.4 is 30.1 Å². The Kier molecular flexibility index (Phi) is 7.64. The largest absolute Gasteiger partial charge is 0.458 e. The number of ether oxygens (including phenoxy) is 1. The number of aromatic nitrogens is 4. The molecule has 0 aliphatic rings. The van der Waals surface area contributed by atoms with E-state index in [-0.39, 0.29) is 33.7 Å². The molecular formula is C88H66N4OSi. The van der Waals surface area contributed by atoms with Crippen molar-refractivity contribution >= 4 is 61.7 Å². The summed E-state index contributed by atoms with van der Waals surface area (Å²) in [6, 6.07) is -17.1. The van der Waals surface area contributed by atoms with Gasteiger partial charge >= 0.3 is 0 Å². The zero-order chi connectivity index (χ0) is 96.2. The molecule has 0 spiro atoms. The first-order chi connectivity index (χ1) is 62.0. The van der Waals surface area contributed by atoms with E-state index in [1.54, 1.807) is 18.3 Å². The Bertz CT molecular complexity index is 7390. The molecule has 0 radical (unpaired) electrons. The van der Waals surface area contributed by atoms with E-state index in [1.807, 2.05) is 47.0 Å². The number of fused-ring (bicyclic) bond motifs is 4. The summed E-state index contributed by atoms with van der Waals surface area (Å²) in [5, 5.41) is -3.24. The summed E-state index contributed by atoms with van der Waals surface area (Å²) in [5.74, 6) is 0.776. The van der Waals surface area contributed by atoms with Crippen molar-refractivity contribution < 1.29 is 61.4 Å². The molecule has 0 unspecified atom stereocenters. The van der Waals surface area contributed by atoms with Crippen molar-refractivity contribution in [2.24, 2.45) is 0 Å². The minimum absolute atomic E-state index is 0.0128. The Morgan fingerprint density at radius 1 is 0.426 bits per heavy atom. The van der Waals surface area contributed by atoms with Gasteiger partial charge in [-0.05, 0) is 166 Å².